The molecule has 2 aromatic rings. The van der Waals surface area contributed by atoms with Crippen molar-refractivity contribution in [3.63, 3.8) is 0 Å². The Labute approximate surface area is 145 Å². The van der Waals surface area contributed by atoms with E-state index < -0.39 is 11.1 Å². The number of halogens is 1. The van der Waals surface area contributed by atoms with Crippen molar-refractivity contribution in [3.05, 3.63) is 44.5 Å². The SMILES string of the molecule is CCn1c(=O)c(=O)[nH]c2cc(C(=O)N(C)C3CCNC3)ccc21.Cl. The molecule has 1 aromatic heterocycles. The molecule has 1 unspecified atom stereocenters. The van der Waals surface area contributed by atoms with Gasteiger partial charge < -0.3 is 19.8 Å². The number of H-pyrrole nitrogens is 1. The first-order chi connectivity index (χ1) is 11.0. The summed E-state index contributed by atoms with van der Waals surface area (Å²) in [6, 6.07) is 5.24. The van der Waals surface area contributed by atoms with Crippen LogP contribution in [-0.4, -0.2) is 46.5 Å². The lowest BCUT2D eigenvalue weighted by Gasteiger charge is -2.24. The second-order valence-electron chi connectivity index (χ2n) is 5.80. The standard InChI is InChI=1S/C16H20N4O3.ClH/c1-3-20-13-5-4-10(8-12(13)18-14(21)16(20)23)15(22)19(2)11-6-7-17-9-11;/h4-5,8,11,17H,3,6-7,9H2,1-2H3,(H,18,21);1H. The average molecular weight is 353 g/mol. The van der Waals surface area contributed by atoms with Crippen LogP contribution in [0.3, 0.4) is 0 Å². The molecule has 0 aliphatic carbocycles. The van der Waals surface area contributed by atoms with Gasteiger partial charge in [-0.05, 0) is 38.1 Å². The molecule has 7 nitrogen and oxygen atoms in total. The van der Waals surface area contributed by atoms with E-state index in [-0.39, 0.29) is 24.4 Å². The molecule has 0 saturated carbocycles. The number of aromatic amines is 1. The summed E-state index contributed by atoms with van der Waals surface area (Å²) in [5, 5.41) is 3.24. The van der Waals surface area contributed by atoms with Crippen LogP contribution in [0.4, 0.5) is 0 Å². The first-order valence-corrected chi connectivity index (χ1v) is 7.77. The summed E-state index contributed by atoms with van der Waals surface area (Å²) in [4.78, 5) is 40.5. The highest BCUT2D eigenvalue weighted by Crippen LogP contribution is 2.15. The topological polar surface area (TPSA) is 87.2 Å². The first-order valence-electron chi connectivity index (χ1n) is 7.77. The zero-order valence-electron chi connectivity index (χ0n) is 13.7. The Morgan fingerprint density at radius 3 is 2.75 bits per heavy atom. The molecule has 1 aromatic carbocycles. The summed E-state index contributed by atoms with van der Waals surface area (Å²) >= 11 is 0. The van der Waals surface area contributed by atoms with Gasteiger partial charge in [0.1, 0.15) is 0 Å². The van der Waals surface area contributed by atoms with Crippen molar-refractivity contribution in [3.8, 4) is 0 Å². The number of nitrogens with one attached hydrogen (secondary N) is 2. The van der Waals surface area contributed by atoms with Crippen LogP contribution in [0, 0.1) is 0 Å². The Balaban J connectivity index is 0.00000208. The zero-order valence-corrected chi connectivity index (χ0v) is 14.5. The number of fused-ring (bicyclic) bond motifs is 1. The fourth-order valence-electron chi connectivity index (χ4n) is 3.07. The Morgan fingerprint density at radius 1 is 1.38 bits per heavy atom. The molecule has 0 radical (unpaired) electrons. The van der Waals surface area contributed by atoms with Gasteiger partial charge in [-0.2, -0.15) is 0 Å². The van der Waals surface area contributed by atoms with E-state index in [1.807, 2.05) is 0 Å². The largest absolute Gasteiger partial charge is 0.337 e. The Morgan fingerprint density at radius 2 is 2.12 bits per heavy atom. The van der Waals surface area contributed by atoms with Crippen LogP contribution >= 0.6 is 12.4 Å². The van der Waals surface area contributed by atoms with Crippen molar-refractivity contribution < 1.29 is 4.79 Å². The monoisotopic (exact) mass is 352 g/mol. The van der Waals surface area contributed by atoms with E-state index in [0.29, 0.717) is 23.1 Å². The van der Waals surface area contributed by atoms with Crippen LogP contribution in [0.15, 0.2) is 27.8 Å². The smallest absolute Gasteiger partial charge is 0.316 e. The van der Waals surface area contributed by atoms with Gasteiger partial charge in [-0.3, -0.25) is 14.4 Å². The highest BCUT2D eigenvalue weighted by atomic mass is 35.5. The molecule has 1 aliphatic rings. The predicted octanol–water partition coefficient (Wildman–Crippen LogP) is 0.565. The normalized spacial score (nSPS) is 16.8. The van der Waals surface area contributed by atoms with E-state index >= 15 is 0 Å². The van der Waals surface area contributed by atoms with Gasteiger partial charge in [0.05, 0.1) is 11.0 Å². The lowest BCUT2D eigenvalue weighted by molar-refractivity contribution is 0.0744. The first kappa shape index (κ1) is 18.2. The molecule has 0 spiro atoms. The minimum absolute atomic E-state index is 0. The quantitative estimate of drug-likeness (QED) is 0.790. The van der Waals surface area contributed by atoms with Crippen molar-refractivity contribution in [1.82, 2.24) is 19.8 Å². The number of likely N-dealkylation sites (N-methyl/N-ethyl adjacent to an activating group) is 1. The molecule has 24 heavy (non-hydrogen) atoms. The minimum Gasteiger partial charge on any atom is -0.337 e. The van der Waals surface area contributed by atoms with Gasteiger partial charge in [-0.25, -0.2) is 0 Å². The van der Waals surface area contributed by atoms with E-state index in [1.54, 1.807) is 37.1 Å². The van der Waals surface area contributed by atoms with Crippen LogP contribution in [0.2, 0.25) is 0 Å². The number of nitrogens with zero attached hydrogens (tertiary/aromatic N) is 2. The van der Waals surface area contributed by atoms with Gasteiger partial charge in [0.25, 0.3) is 5.91 Å². The van der Waals surface area contributed by atoms with Crippen LogP contribution in [0.25, 0.3) is 11.0 Å². The fourth-order valence-corrected chi connectivity index (χ4v) is 3.07. The summed E-state index contributed by atoms with van der Waals surface area (Å²) in [7, 11) is 1.79. The van der Waals surface area contributed by atoms with E-state index in [2.05, 4.69) is 10.3 Å². The minimum atomic E-state index is -0.669. The number of hydrogen-bond acceptors (Lipinski definition) is 4. The van der Waals surface area contributed by atoms with Crippen LogP contribution in [0.1, 0.15) is 23.7 Å². The van der Waals surface area contributed by atoms with Gasteiger partial charge in [-0.15, -0.1) is 12.4 Å². The van der Waals surface area contributed by atoms with E-state index in [1.165, 1.54) is 4.57 Å². The van der Waals surface area contributed by atoms with Crippen molar-refractivity contribution in [2.45, 2.75) is 25.9 Å². The third-order valence-corrected chi connectivity index (χ3v) is 4.44. The third-order valence-electron chi connectivity index (χ3n) is 4.44. The highest BCUT2D eigenvalue weighted by molar-refractivity contribution is 5.97. The number of amides is 1. The summed E-state index contributed by atoms with van der Waals surface area (Å²) < 4.78 is 1.41. The van der Waals surface area contributed by atoms with Crippen molar-refractivity contribution in [2.24, 2.45) is 0 Å². The maximum atomic E-state index is 12.6. The van der Waals surface area contributed by atoms with Crippen molar-refractivity contribution >= 4 is 29.3 Å². The molecular formula is C16H21ClN4O3. The maximum Gasteiger partial charge on any atom is 0.316 e. The average Bonchev–Trinajstić information content (AvgIpc) is 3.09. The van der Waals surface area contributed by atoms with Gasteiger partial charge in [0, 0.05) is 31.7 Å². The number of carbonyl (C=O) groups excluding carboxylic acids is 1. The maximum absolute atomic E-state index is 12.6. The van der Waals surface area contributed by atoms with E-state index in [9.17, 15) is 14.4 Å². The summed E-state index contributed by atoms with van der Waals surface area (Å²) in [6.07, 6.45) is 0.933. The predicted molar refractivity (Wildman–Crippen MR) is 95.1 cm³/mol. The molecule has 3 rings (SSSR count). The number of hydrogen-bond donors (Lipinski definition) is 2. The van der Waals surface area contributed by atoms with Crippen LogP contribution < -0.4 is 16.4 Å². The van der Waals surface area contributed by atoms with Gasteiger partial charge >= 0.3 is 11.1 Å². The van der Waals surface area contributed by atoms with Crippen molar-refractivity contribution in [2.75, 3.05) is 20.1 Å². The molecule has 1 fully saturated rings. The zero-order chi connectivity index (χ0) is 16.6. The molecule has 130 valence electrons. The molecule has 0 bridgehead atoms. The molecule has 2 heterocycles. The molecule has 1 amide bonds. The van der Waals surface area contributed by atoms with Crippen LogP contribution in [0.5, 0.6) is 0 Å². The summed E-state index contributed by atoms with van der Waals surface area (Å²) in [6.45, 7) is 3.92. The molecule has 1 aliphatic heterocycles. The van der Waals surface area contributed by atoms with Crippen molar-refractivity contribution in [1.29, 1.82) is 0 Å². The highest BCUT2D eigenvalue weighted by Gasteiger charge is 2.24. The lowest BCUT2D eigenvalue weighted by atomic mass is 10.1. The van der Waals surface area contributed by atoms with E-state index in [4.69, 9.17) is 0 Å². The van der Waals surface area contributed by atoms with Gasteiger partial charge in [-0.1, -0.05) is 0 Å². The van der Waals surface area contributed by atoms with Gasteiger partial charge in [0.2, 0.25) is 0 Å². The van der Waals surface area contributed by atoms with Crippen LogP contribution in [-0.2, 0) is 6.54 Å². The number of rotatable bonds is 3. The van der Waals surface area contributed by atoms with Gasteiger partial charge in [0.15, 0.2) is 0 Å². The number of benzene rings is 1. The molecule has 8 heteroatoms. The van der Waals surface area contributed by atoms with E-state index in [0.717, 1.165) is 19.5 Å². The molecule has 2 N–H and O–H groups in total. The lowest BCUT2D eigenvalue weighted by Crippen LogP contribution is -2.38. The number of aryl methyl sites for hydroxylation is 1. The second-order valence-corrected chi connectivity index (χ2v) is 5.80. The third kappa shape index (κ3) is 3.09. The summed E-state index contributed by atoms with van der Waals surface area (Å²) in [5.41, 5.74) is 0.383. The molecular weight excluding hydrogens is 332 g/mol. The summed E-state index contributed by atoms with van der Waals surface area (Å²) in [5.74, 6) is -0.0873. The molecule has 1 atom stereocenters. The fraction of sp³-hybridized carbons (Fsp3) is 0.438. The molecule has 1 saturated heterocycles. The number of carbonyl (C=O) groups is 1. The Bertz CT molecular complexity index is 868. The second kappa shape index (κ2) is 7.19. The Kier molecular flexibility index (Phi) is 5.46. The number of aromatic nitrogens is 2. The Hall–Kier alpha value is -2.12.